The Hall–Kier alpha value is -3.14. The summed E-state index contributed by atoms with van der Waals surface area (Å²) in [6.45, 7) is 2.39. The molecule has 4 aromatic rings. The number of benzene rings is 3. The lowest BCUT2D eigenvalue weighted by atomic mass is 9.82. The van der Waals surface area contributed by atoms with E-state index < -0.39 is 17.1 Å². The molecule has 1 N–H and O–H groups in total. The lowest BCUT2D eigenvalue weighted by Crippen LogP contribution is -2.32. The first kappa shape index (κ1) is 24.2. The van der Waals surface area contributed by atoms with Gasteiger partial charge in [0.05, 0.1) is 16.6 Å². The number of carbonyl (C=O) groups excluding carboxylic acids is 2. The fourth-order valence-corrected chi connectivity index (χ4v) is 7.89. The molecule has 6 nitrogen and oxygen atoms in total. The molecule has 3 heterocycles. The molecule has 3 atom stereocenters. The molecule has 37 heavy (non-hydrogen) atoms. The van der Waals surface area contributed by atoms with E-state index in [1.54, 1.807) is 12.1 Å². The first-order valence-electron chi connectivity index (χ1n) is 11.7. The second-order valence-corrected chi connectivity index (χ2v) is 12.1. The summed E-state index contributed by atoms with van der Waals surface area (Å²) >= 11 is 5.93. The molecule has 186 valence electrons. The highest BCUT2D eigenvalue weighted by Gasteiger charge is 2.56. The Morgan fingerprint density at radius 1 is 0.973 bits per heavy atom. The number of nitrogens with one attached hydrogen (secondary N) is 1. The molecule has 6 rings (SSSR count). The normalized spacial score (nSPS) is 20.6. The van der Waals surface area contributed by atoms with Crippen molar-refractivity contribution >= 4 is 56.5 Å². The van der Waals surface area contributed by atoms with E-state index in [4.69, 9.17) is 4.74 Å². The number of halogens is 1. The molecular weight excluding hydrogens is 572 g/mol. The van der Waals surface area contributed by atoms with Crippen molar-refractivity contribution in [2.24, 2.45) is 5.92 Å². The number of rotatable bonds is 5. The van der Waals surface area contributed by atoms with Crippen LogP contribution < -0.4 is 14.5 Å². The van der Waals surface area contributed by atoms with E-state index in [9.17, 15) is 14.4 Å². The summed E-state index contributed by atoms with van der Waals surface area (Å²) in [5.74, 6) is -1.11. The van der Waals surface area contributed by atoms with Gasteiger partial charge in [-0.1, -0.05) is 81.5 Å². The minimum Gasteiger partial charge on any atom is -0.489 e. The number of ether oxygens (including phenoxy) is 1. The van der Waals surface area contributed by atoms with Crippen LogP contribution in [-0.4, -0.2) is 22.0 Å². The van der Waals surface area contributed by atoms with Crippen molar-refractivity contribution in [1.29, 1.82) is 0 Å². The molecule has 1 fully saturated rings. The fraction of sp³-hybridized carbons (Fsp3) is 0.179. The van der Waals surface area contributed by atoms with Crippen molar-refractivity contribution in [3.8, 4) is 5.75 Å². The van der Waals surface area contributed by atoms with Gasteiger partial charge < -0.3 is 9.72 Å². The molecule has 2 aliphatic heterocycles. The van der Waals surface area contributed by atoms with Gasteiger partial charge in [-0.2, -0.15) is 0 Å². The molecule has 1 aromatic heterocycles. The van der Waals surface area contributed by atoms with Crippen LogP contribution in [0, 0.1) is 12.8 Å². The van der Waals surface area contributed by atoms with E-state index in [2.05, 4.69) is 20.9 Å². The number of aryl methyl sites for hydroxylation is 1. The Balaban J connectivity index is 1.46. The van der Waals surface area contributed by atoms with E-state index >= 15 is 0 Å². The Morgan fingerprint density at radius 2 is 1.73 bits per heavy atom. The zero-order valence-corrected chi connectivity index (χ0v) is 22.9. The number of H-pyrrole nitrogens is 1. The number of nitrogens with zero attached hydrogens (tertiary/aromatic N) is 1. The fourth-order valence-electron chi connectivity index (χ4n) is 5.01. The van der Waals surface area contributed by atoms with Gasteiger partial charge in [0.2, 0.25) is 11.8 Å². The maximum Gasteiger partial charge on any atom is 0.305 e. The van der Waals surface area contributed by atoms with Crippen LogP contribution in [-0.2, 0) is 16.2 Å². The molecule has 2 amide bonds. The minimum absolute atomic E-state index is 0.209. The Kier molecular flexibility index (Phi) is 6.30. The van der Waals surface area contributed by atoms with Gasteiger partial charge in [0.15, 0.2) is 0 Å². The Morgan fingerprint density at radius 3 is 2.51 bits per heavy atom. The highest BCUT2D eigenvalue weighted by atomic mass is 79.9. The molecular formula is C28H21BrN2O4S2. The van der Waals surface area contributed by atoms with Crippen molar-refractivity contribution in [1.82, 2.24) is 4.98 Å². The van der Waals surface area contributed by atoms with Gasteiger partial charge in [0, 0.05) is 20.8 Å². The molecule has 1 saturated heterocycles. The highest BCUT2D eigenvalue weighted by Crippen LogP contribution is 2.54. The van der Waals surface area contributed by atoms with Crippen LogP contribution in [0.3, 0.4) is 0 Å². The molecule has 0 saturated carbocycles. The van der Waals surface area contributed by atoms with Crippen LogP contribution >= 0.6 is 39.0 Å². The monoisotopic (exact) mass is 592 g/mol. The maximum absolute atomic E-state index is 13.9. The third kappa shape index (κ3) is 4.24. The van der Waals surface area contributed by atoms with Gasteiger partial charge in [-0.05, 0) is 48.4 Å². The van der Waals surface area contributed by atoms with E-state index in [0.29, 0.717) is 23.1 Å². The maximum atomic E-state index is 13.9. The second-order valence-electron chi connectivity index (χ2n) is 8.99. The van der Waals surface area contributed by atoms with Gasteiger partial charge >= 0.3 is 4.87 Å². The summed E-state index contributed by atoms with van der Waals surface area (Å²) in [4.78, 5) is 44.7. The summed E-state index contributed by atoms with van der Waals surface area (Å²) in [5.41, 5.74) is 3.50. The average Bonchev–Trinajstić information content (AvgIpc) is 3.39. The number of thiazole rings is 1. The summed E-state index contributed by atoms with van der Waals surface area (Å²) < 4.78 is 7.16. The molecule has 0 radical (unpaired) electrons. The number of thioether (sulfide) groups is 1. The number of aromatic nitrogens is 1. The molecule has 0 spiro atoms. The summed E-state index contributed by atoms with van der Waals surface area (Å²) in [5, 5.41) is -0.0132. The van der Waals surface area contributed by atoms with E-state index in [1.807, 2.05) is 67.6 Å². The van der Waals surface area contributed by atoms with Crippen LogP contribution in [0.5, 0.6) is 5.75 Å². The van der Waals surface area contributed by atoms with Crippen molar-refractivity contribution in [2.45, 2.75) is 29.7 Å². The lowest BCUT2D eigenvalue weighted by molar-refractivity contribution is -0.122. The predicted molar refractivity (Wildman–Crippen MR) is 149 cm³/mol. The van der Waals surface area contributed by atoms with E-state index in [1.165, 1.54) is 16.7 Å². The number of carbonyl (C=O) groups is 2. The summed E-state index contributed by atoms with van der Waals surface area (Å²) in [6.07, 6.45) is 0. The number of hydrogen-bond donors (Lipinski definition) is 1. The SMILES string of the molecule is Cc1ccccc1COc1ccc(Br)cc1[C@H]1c2sc(=O)[nH]c2SC2C(=O)N(c3ccccc3)C(=O)C21. The largest absolute Gasteiger partial charge is 0.489 e. The number of para-hydroxylation sites is 1. The molecule has 3 aromatic carbocycles. The molecule has 9 heteroatoms. The van der Waals surface area contributed by atoms with E-state index in [0.717, 1.165) is 37.4 Å². The smallest absolute Gasteiger partial charge is 0.305 e. The van der Waals surface area contributed by atoms with Crippen molar-refractivity contribution in [3.63, 3.8) is 0 Å². The van der Waals surface area contributed by atoms with Gasteiger partial charge in [-0.25, -0.2) is 4.90 Å². The first-order valence-corrected chi connectivity index (χ1v) is 14.2. The number of amides is 2. The second kappa shape index (κ2) is 9.63. The topological polar surface area (TPSA) is 79.5 Å². The van der Waals surface area contributed by atoms with Gasteiger partial charge in [0.1, 0.15) is 17.6 Å². The number of fused-ring (bicyclic) bond motifs is 2. The highest BCUT2D eigenvalue weighted by molar-refractivity contribution is 9.10. The van der Waals surface area contributed by atoms with Gasteiger partial charge in [-0.3, -0.25) is 14.4 Å². The van der Waals surface area contributed by atoms with Crippen LogP contribution in [0.2, 0.25) is 0 Å². The van der Waals surface area contributed by atoms with Crippen LogP contribution in [0.15, 0.2) is 87.1 Å². The van der Waals surface area contributed by atoms with Gasteiger partial charge in [0.25, 0.3) is 0 Å². The van der Waals surface area contributed by atoms with Crippen LogP contribution in [0.4, 0.5) is 5.69 Å². The lowest BCUT2D eigenvalue weighted by Gasteiger charge is -2.31. The summed E-state index contributed by atoms with van der Waals surface area (Å²) in [7, 11) is 0. The molecule has 2 unspecified atom stereocenters. The summed E-state index contributed by atoms with van der Waals surface area (Å²) in [6, 6.07) is 22.7. The van der Waals surface area contributed by atoms with Crippen molar-refractivity contribution in [3.05, 3.63) is 109 Å². The number of anilines is 1. The average molecular weight is 594 g/mol. The third-order valence-corrected chi connectivity index (χ3v) is 9.68. The van der Waals surface area contributed by atoms with E-state index in [-0.39, 0.29) is 16.7 Å². The minimum atomic E-state index is -0.674. The van der Waals surface area contributed by atoms with Gasteiger partial charge in [-0.15, -0.1) is 0 Å². The zero-order valence-electron chi connectivity index (χ0n) is 19.6. The number of hydrogen-bond acceptors (Lipinski definition) is 6. The predicted octanol–water partition coefficient (Wildman–Crippen LogP) is 5.88. The Bertz CT molecular complexity index is 1580. The standard InChI is InChI=1S/C28H21BrN2O4S2/c1-15-7-5-6-8-16(15)14-35-20-12-11-17(29)13-19(20)21-22-24(36-25-23(21)37-28(34)30-25)27(33)31(26(22)32)18-9-3-2-4-10-18/h2-13,21-22,24H,14H2,1H3,(H,30,34)/t21-,22?,24?/m1/s1. The Labute approximate surface area is 229 Å². The molecule has 2 aliphatic rings. The third-order valence-electron chi connectivity index (χ3n) is 6.79. The van der Waals surface area contributed by atoms with Crippen molar-refractivity contribution in [2.75, 3.05) is 4.90 Å². The molecule has 0 aliphatic carbocycles. The first-order chi connectivity index (χ1) is 17.9. The molecule has 0 bridgehead atoms. The quantitative estimate of drug-likeness (QED) is 0.293. The number of imide groups is 1. The van der Waals surface area contributed by atoms with Crippen LogP contribution in [0.25, 0.3) is 0 Å². The van der Waals surface area contributed by atoms with Crippen LogP contribution in [0.1, 0.15) is 27.5 Å². The zero-order chi connectivity index (χ0) is 25.7. The number of aromatic amines is 1. The van der Waals surface area contributed by atoms with Crippen molar-refractivity contribution < 1.29 is 14.3 Å².